The molecule has 1 fully saturated rings. The average molecular weight is 313 g/mol. The molecule has 1 N–H and O–H groups in total. The summed E-state index contributed by atoms with van der Waals surface area (Å²) in [6.45, 7) is 5.16. The third-order valence-corrected chi connectivity index (χ3v) is 4.58. The van der Waals surface area contributed by atoms with Crippen LogP contribution in [-0.2, 0) is 0 Å². The van der Waals surface area contributed by atoms with Gasteiger partial charge >= 0.3 is 0 Å². The standard InChI is InChI=1S/C18H23N3O2/c1-12-9-15(23-3)6-7-16(12)17-13(2)19-11-20-18(17)21-8-4-5-14(21)10-22/h6-7,9,11,14,22H,4-5,8,10H2,1-3H3/t14-/m0/s1. The number of aryl methyl sites for hydroxylation is 2. The van der Waals surface area contributed by atoms with Crippen molar-refractivity contribution in [2.45, 2.75) is 32.7 Å². The Bertz CT molecular complexity index is 703. The SMILES string of the molecule is COc1ccc(-c2c(C)ncnc2N2CCC[C@H]2CO)c(C)c1. The quantitative estimate of drug-likeness (QED) is 0.940. The maximum Gasteiger partial charge on any atom is 0.140 e. The van der Waals surface area contributed by atoms with Crippen LogP contribution in [0.4, 0.5) is 5.82 Å². The number of benzene rings is 1. The number of anilines is 1. The van der Waals surface area contributed by atoms with Crippen LogP contribution in [0.15, 0.2) is 24.5 Å². The molecular formula is C18H23N3O2. The summed E-state index contributed by atoms with van der Waals surface area (Å²) >= 11 is 0. The zero-order valence-corrected chi connectivity index (χ0v) is 13.9. The molecule has 2 aromatic rings. The number of nitrogens with zero attached hydrogens (tertiary/aromatic N) is 3. The van der Waals surface area contributed by atoms with Gasteiger partial charge in [-0.1, -0.05) is 6.07 Å². The van der Waals surface area contributed by atoms with Gasteiger partial charge in [-0.05, 0) is 49.9 Å². The van der Waals surface area contributed by atoms with Crippen LogP contribution >= 0.6 is 0 Å². The van der Waals surface area contributed by atoms with E-state index in [2.05, 4.69) is 27.9 Å². The smallest absolute Gasteiger partial charge is 0.140 e. The van der Waals surface area contributed by atoms with E-state index in [0.717, 1.165) is 53.3 Å². The first kappa shape index (κ1) is 15.7. The van der Waals surface area contributed by atoms with Crippen molar-refractivity contribution in [2.24, 2.45) is 0 Å². The summed E-state index contributed by atoms with van der Waals surface area (Å²) in [5.74, 6) is 1.76. The molecule has 0 bridgehead atoms. The van der Waals surface area contributed by atoms with Gasteiger partial charge in [-0.3, -0.25) is 0 Å². The summed E-state index contributed by atoms with van der Waals surface area (Å²) in [6.07, 6.45) is 3.69. The highest BCUT2D eigenvalue weighted by Gasteiger charge is 2.28. The Kier molecular flexibility index (Phi) is 4.48. The van der Waals surface area contributed by atoms with Crippen molar-refractivity contribution in [2.75, 3.05) is 25.2 Å². The predicted molar refractivity (Wildman–Crippen MR) is 90.9 cm³/mol. The lowest BCUT2D eigenvalue weighted by atomic mass is 9.99. The average Bonchev–Trinajstić information content (AvgIpc) is 3.03. The molecule has 5 heteroatoms. The monoisotopic (exact) mass is 313 g/mol. The van der Waals surface area contributed by atoms with Crippen molar-refractivity contribution in [1.82, 2.24) is 9.97 Å². The molecule has 3 rings (SSSR count). The second-order valence-corrected chi connectivity index (χ2v) is 6.01. The molecule has 1 aliphatic heterocycles. The molecule has 0 amide bonds. The molecule has 0 saturated carbocycles. The predicted octanol–water partition coefficient (Wildman–Crippen LogP) is 2.73. The Hall–Kier alpha value is -2.14. The van der Waals surface area contributed by atoms with Gasteiger partial charge in [-0.25, -0.2) is 9.97 Å². The Morgan fingerprint density at radius 3 is 2.83 bits per heavy atom. The number of hydrogen-bond donors (Lipinski definition) is 1. The fraction of sp³-hybridized carbons (Fsp3) is 0.444. The Morgan fingerprint density at radius 2 is 2.13 bits per heavy atom. The molecule has 5 nitrogen and oxygen atoms in total. The Labute approximate surface area is 137 Å². The summed E-state index contributed by atoms with van der Waals surface area (Å²) in [5, 5.41) is 9.65. The minimum absolute atomic E-state index is 0.140. The molecule has 0 radical (unpaired) electrons. The highest BCUT2D eigenvalue weighted by atomic mass is 16.5. The molecule has 2 heterocycles. The Balaban J connectivity index is 2.12. The van der Waals surface area contributed by atoms with Gasteiger partial charge in [0.2, 0.25) is 0 Å². The van der Waals surface area contributed by atoms with Crippen molar-refractivity contribution < 1.29 is 9.84 Å². The van der Waals surface area contributed by atoms with Gasteiger partial charge < -0.3 is 14.7 Å². The molecule has 0 spiro atoms. The van der Waals surface area contributed by atoms with E-state index < -0.39 is 0 Å². The largest absolute Gasteiger partial charge is 0.497 e. The molecular weight excluding hydrogens is 290 g/mol. The van der Waals surface area contributed by atoms with Gasteiger partial charge in [-0.2, -0.15) is 0 Å². The highest BCUT2D eigenvalue weighted by Crippen LogP contribution is 2.37. The molecule has 1 aromatic carbocycles. The lowest BCUT2D eigenvalue weighted by molar-refractivity contribution is 0.266. The van der Waals surface area contributed by atoms with Crippen LogP contribution < -0.4 is 9.64 Å². The number of ether oxygens (including phenoxy) is 1. The maximum atomic E-state index is 9.65. The van der Waals surface area contributed by atoms with Gasteiger partial charge in [0.15, 0.2) is 0 Å². The molecule has 0 unspecified atom stereocenters. The van der Waals surface area contributed by atoms with E-state index in [1.165, 1.54) is 0 Å². The zero-order chi connectivity index (χ0) is 16.4. The second-order valence-electron chi connectivity index (χ2n) is 6.01. The van der Waals surface area contributed by atoms with Gasteiger partial charge in [-0.15, -0.1) is 0 Å². The maximum absolute atomic E-state index is 9.65. The second kappa shape index (κ2) is 6.54. The normalized spacial score (nSPS) is 17.6. The summed E-state index contributed by atoms with van der Waals surface area (Å²) in [5.41, 5.74) is 4.24. The van der Waals surface area contributed by atoms with Crippen molar-refractivity contribution >= 4 is 5.82 Å². The van der Waals surface area contributed by atoms with Crippen LogP contribution in [0, 0.1) is 13.8 Å². The molecule has 23 heavy (non-hydrogen) atoms. The van der Waals surface area contributed by atoms with Crippen molar-refractivity contribution in [3.63, 3.8) is 0 Å². The van der Waals surface area contributed by atoms with E-state index >= 15 is 0 Å². The number of rotatable bonds is 4. The topological polar surface area (TPSA) is 58.5 Å². The lowest BCUT2D eigenvalue weighted by Crippen LogP contribution is -2.33. The highest BCUT2D eigenvalue weighted by molar-refractivity contribution is 5.80. The van der Waals surface area contributed by atoms with Crippen LogP contribution in [-0.4, -0.2) is 41.4 Å². The van der Waals surface area contributed by atoms with E-state index in [0.29, 0.717) is 0 Å². The van der Waals surface area contributed by atoms with Crippen molar-refractivity contribution in [3.8, 4) is 16.9 Å². The van der Waals surface area contributed by atoms with Crippen LogP contribution in [0.3, 0.4) is 0 Å². The van der Waals surface area contributed by atoms with Gasteiger partial charge in [0.05, 0.1) is 25.5 Å². The first-order chi connectivity index (χ1) is 11.2. The van der Waals surface area contributed by atoms with E-state index in [1.54, 1.807) is 13.4 Å². The van der Waals surface area contributed by atoms with Gasteiger partial charge in [0.1, 0.15) is 17.9 Å². The number of aliphatic hydroxyl groups excluding tert-OH is 1. The van der Waals surface area contributed by atoms with Gasteiger partial charge in [0, 0.05) is 12.1 Å². The van der Waals surface area contributed by atoms with E-state index in [4.69, 9.17) is 4.74 Å². The minimum Gasteiger partial charge on any atom is -0.497 e. The van der Waals surface area contributed by atoms with E-state index in [9.17, 15) is 5.11 Å². The molecule has 1 atom stereocenters. The van der Waals surface area contributed by atoms with E-state index in [1.807, 2.05) is 19.1 Å². The first-order valence-corrected chi connectivity index (χ1v) is 7.99. The van der Waals surface area contributed by atoms with Crippen molar-refractivity contribution in [3.05, 3.63) is 35.8 Å². The third kappa shape index (κ3) is 2.88. The zero-order valence-electron chi connectivity index (χ0n) is 13.9. The van der Waals surface area contributed by atoms with Crippen molar-refractivity contribution in [1.29, 1.82) is 0 Å². The van der Waals surface area contributed by atoms with Gasteiger partial charge in [0.25, 0.3) is 0 Å². The molecule has 1 aliphatic rings. The summed E-state index contributed by atoms with van der Waals surface area (Å²) < 4.78 is 5.31. The van der Waals surface area contributed by atoms with Crippen LogP contribution in [0.2, 0.25) is 0 Å². The number of hydrogen-bond acceptors (Lipinski definition) is 5. The fourth-order valence-corrected chi connectivity index (χ4v) is 3.34. The molecule has 1 aromatic heterocycles. The van der Waals surface area contributed by atoms with E-state index in [-0.39, 0.29) is 12.6 Å². The van der Waals surface area contributed by atoms with Crippen LogP contribution in [0.25, 0.3) is 11.1 Å². The molecule has 1 saturated heterocycles. The summed E-state index contributed by atoms with van der Waals surface area (Å²) in [4.78, 5) is 11.2. The summed E-state index contributed by atoms with van der Waals surface area (Å²) in [7, 11) is 1.67. The summed E-state index contributed by atoms with van der Waals surface area (Å²) in [6, 6.07) is 6.19. The third-order valence-electron chi connectivity index (χ3n) is 4.58. The molecule has 0 aliphatic carbocycles. The number of methoxy groups -OCH3 is 1. The van der Waals surface area contributed by atoms with Crippen LogP contribution in [0.1, 0.15) is 24.1 Å². The lowest BCUT2D eigenvalue weighted by Gasteiger charge is -2.27. The molecule has 122 valence electrons. The minimum atomic E-state index is 0.140. The Morgan fingerprint density at radius 1 is 1.30 bits per heavy atom. The number of aliphatic hydroxyl groups is 1. The fourth-order valence-electron chi connectivity index (χ4n) is 3.34. The van der Waals surface area contributed by atoms with Crippen LogP contribution in [0.5, 0.6) is 5.75 Å². The first-order valence-electron chi connectivity index (χ1n) is 7.99. The number of aromatic nitrogens is 2.